The summed E-state index contributed by atoms with van der Waals surface area (Å²) in [6.45, 7) is 2.25. The van der Waals surface area contributed by atoms with Crippen LogP contribution < -0.4 is 14.9 Å². The van der Waals surface area contributed by atoms with E-state index in [2.05, 4.69) is 17.5 Å². The van der Waals surface area contributed by atoms with Gasteiger partial charge in [-0.25, -0.2) is 10.2 Å². The molecule has 0 radical (unpaired) electrons. The van der Waals surface area contributed by atoms with E-state index < -0.39 is 5.97 Å². The lowest BCUT2D eigenvalue weighted by Gasteiger charge is -2.10. The Kier molecular flexibility index (Phi) is 14.3. The van der Waals surface area contributed by atoms with E-state index in [-0.39, 0.29) is 11.7 Å². The van der Waals surface area contributed by atoms with Gasteiger partial charge in [0.2, 0.25) is 5.91 Å². The first-order valence-corrected chi connectivity index (χ1v) is 13.4. The molecule has 1 N–H and O–H groups in total. The molecule has 0 aliphatic carbocycles. The van der Waals surface area contributed by atoms with E-state index in [9.17, 15) is 9.59 Å². The van der Waals surface area contributed by atoms with Crippen molar-refractivity contribution in [2.24, 2.45) is 5.10 Å². The molecule has 1 amide bonds. The molecule has 0 unspecified atom stereocenters. The van der Waals surface area contributed by atoms with Gasteiger partial charge in [-0.3, -0.25) is 4.79 Å². The fraction of sp³-hybridized carbons (Fsp3) is 0.483. The smallest absolute Gasteiger partial charge is 0.343 e. The van der Waals surface area contributed by atoms with Crippen LogP contribution in [0.1, 0.15) is 99.9 Å². The standard InChI is InChI=1S/C29H39ClN2O4/c1-3-4-5-6-7-8-9-10-11-12-13-14-28(33)32-31-22-23-15-20-26(27(21-23)35-2)36-29(34)24-16-18-25(30)19-17-24/h15-22H,3-14H2,1-2H3,(H,32,33)/b31-22+. The van der Waals surface area contributed by atoms with Crippen LogP contribution in [0.25, 0.3) is 0 Å². The Morgan fingerprint density at radius 1 is 0.861 bits per heavy atom. The molecule has 0 aromatic heterocycles. The minimum absolute atomic E-state index is 0.0948. The predicted molar refractivity (Wildman–Crippen MR) is 146 cm³/mol. The maximum absolute atomic E-state index is 12.3. The monoisotopic (exact) mass is 514 g/mol. The van der Waals surface area contributed by atoms with Crippen molar-refractivity contribution in [2.75, 3.05) is 7.11 Å². The highest BCUT2D eigenvalue weighted by atomic mass is 35.5. The second-order valence-corrected chi connectivity index (χ2v) is 9.32. The van der Waals surface area contributed by atoms with Crippen LogP contribution in [0.2, 0.25) is 5.02 Å². The van der Waals surface area contributed by atoms with Crippen LogP contribution in [0.3, 0.4) is 0 Å². The Bertz CT molecular complexity index is 960. The molecule has 0 heterocycles. The summed E-state index contributed by atoms with van der Waals surface area (Å²) in [5, 5.41) is 4.57. The molecule has 2 aromatic rings. The van der Waals surface area contributed by atoms with Crippen LogP contribution in [0, 0.1) is 0 Å². The number of ether oxygens (including phenoxy) is 2. The zero-order valence-corrected chi connectivity index (χ0v) is 22.3. The number of hydrazone groups is 1. The van der Waals surface area contributed by atoms with Gasteiger partial charge < -0.3 is 9.47 Å². The highest BCUT2D eigenvalue weighted by Gasteiger charge is 2.13. The third kappa shape index (κ3) is 11.7. The number of hydrogen-bond donors (Lipinski definition) is 1. The largest absolute Gasteiger partial charge is 0.493 e. The molecule has 0 spiro atoms. The number of methoxy groups -OCH3 is 1. The summed E-state index contributed by atoms with van der Waals surface area (Å²) in [7, 11) is 1.49. The van der Waals surface area contributed by atoms with Crippen molar-refractivity contribution in [1.29, 1.82) is 0 Å². The van der Waals surface area contributed by atoms with Gasteiger partial charge in [0.25, 0.3) is 0 Å². The Morgan fingerprint density at radius 3 is 2.08 bits per heavy atom. The van der Waals surface area contributed by atoms with Crippen LogP contribution in [0.5, 0.6) is 11.5 Å². The second-order valence-electron chi connectivity index (χ2n) is 8.89. The van der Waals surface area contributed by atoms with E-state index in [0.29, 0.717) is 28.3 Å². The number of benzene rings is 2. The van der Waals surface area contributed by atoms with Crippen molar-refractivity contribution in [2.45, 2.75) is 84.0 Å². The molecule has 0 fully saturated rings. The van der Waals surface area contributed by atoms with Gasteiger partial charge in [0.1, 0.15) is 0 Å². The molecular formula is C29H39ClN2O4. The topological polar surface area (TPSA) is 77.0 Å². The first kappa shape index (κ1) is 29.4. The quantitative estimate of drug-likeness (QED) is 0.0770. The molecule has 6 nitrogen and oxygen atoms in total. The van der Waals surface area contributed by atoms with Crippen molar-refractivity contribution < 1.29 is 19.1 Å². The molecule has 0 saturated heterocycles. The van der Waals surface area contributed by atoms with E-state index in [4.69, 9.17) is 21.1 Å². The van der Waals surface area contributed by atoms with Gasteiger partial charge in [-0.05, 0) is 54.4 Å². The minimum Gasteiger partial charge on any atom is -0.493 e. The highest BCUT2D eigenvalue weighted by molar-refractivity contribution is 6.30. The highest BCUT2D eigenvalue weighted by Crippen LogP contribution is 2.28. The third-order valence-electron chi connectivity index (χ3n) is 5.88. The van der Waals surface area contributed by atoms with Crippen LogP contribution in [-0.2, 0) is 4.79 Å². The average molecular weight is 515 g/mol. The Hall–Kier alpha value is -2.86. The van der Waals surface area contributed by atoms with Gasteiger partial charge in [-0.1, -0.05) is 82.7 Å². The number of unbranched alkanes of at least 4 members (excludes halogenated alkanes) is 10. The molecule has 0 aliphatic rings. The summed E-state index contributed by atoms with van der Waals surface area (Å²) in [4.78, 5) is 24.4. The van der Waals surface area contributed by atoms with Gasteiger partial charge in [-0.2, -0.15) is 5.10 Å². The maximum Gasteiger partial charge on any atom is 0.343 e. The Labute approximate surface area is 220 Å². The van der Waals surface area contributed by atoms with Gasteiger partial charge >= 0.3 is 5.97 Å². The molecule has 196 valence electrons. The second kappa shape index (κ2) is 17.6. The predicted octanol–water partition coefficient (Wildman–Crippen LogP) is 7.72. The number of nitrogens with one attached hydrogen (secondary N) is 1. The van der Waals surface area contributed by atoms with Gasteiger partial charge in [0.05, 0.1) is 18.9 Å². The molecular weight excluding hydrogens is 476 g/mol. The van der Waals surface area contributed by atoms with Crippen molar-refractivity contribution in [1.82, 2.24) is 5.43 Å². The van der Waals surface area contributed by atoms with E-state index in [1.807, 2.05) is 0 Å². The zero-order chi connectivity index (χ0) is 26.0. The van der Waals surface area contributed by atoms with Crippen LogP contribution >= 0.6 is 11.6 Å². The van der Waals surface area contributed by atoms with E-state index in [0.717, 1.165) is 12.8 Å². The van der Waals surface area contributed by atoms with Crippen LogP contribution in [0.15, 0.2) is 47.6 Å². The Morgan fingerprint density at radius 2 is 1.47 bits per heavy atom. The number of rotatable bonds is 17. The lowest BCUT2D eigenvalue weighted by atomic mass is 10.1. The minimum atomic E-state index is -0.513. The summed E-state index contributed by atoms with van der Waals surface area (Å²) in [6.07, 6.45) is 15.7. The normalized spacial score (nSPS) is 11.0. The lowest BCUT2D eigenvalue weighted by molar-refractivity contribution is -0.121. The number of carbonyl (C=O) groups is 2. The van der Waals surface area contributed by atoms with Crippen molar-refractivity contribution >= 4 is 29.7 Å². The summed E-state index contributed by atoms with van der Waals surface area (Å²) in [6, 6.07) is 11.5. The van der Waals surface area contributed by atoms with Crippen molar-refractivity contribution in [3.8, 4) is 11.5 Å². The summed E-state index contributed by atoms with van der Waals surface area (Å²) in [5.41, 5.74) is 3.65. The number of hydrogen-bond acceptors (Lipinski definition) is 5. The van der Waals surface area contributed by atoms with E-state index >= 15 is 0 Å². The van der Waals surface area contributed by atoms with E-state index in [1.165, 1.54) is 71.1 Å². The van der Waals surface area contributed by atoms with Gasteiger partial charge in [0.15, 0.2) is 11.5 Å². The average Bonchev–Trinajstić information content (AvgIpc) is 2.88. The molecule has 0 bridgehead atoms. The van der Waals surface area contributed by atoms with Gasteiger partial charge in [-0.15, -0.1) is 0 Å². The molecule has 0 atom stereocenters. The number of halogens is 1. The fourth-order valence-corrected chi connectivity index (χ4v) is 3.90. The zero-order valence-electron chi connectivity index (χ0n) is 21.6. The molecule has 36 heavy (non-hydrogen) atoms. The van der Waals surface area contributed by atoms with Crippen LogP contribution in [-0.4, -0.2) is 25.2 Å². The number of amides is 1. The van der Waals surface area contributed by atoms with Crippen molar-refractivity contribution in [3.05, 3.63) is 58.6 Å². The van der Waals surface area contributed by atoms with Gasteiger partial charge in [0, 0.05) is 11.4 Å². The number of nitrogens with zero attached hydrogens (tertiary/aromatic N) is 1. The summed E-state index contributed by atoms with van der Waals surface area (Å²) >= 11 is 5.86. The third-order valence-corrected chi connectivity index (χ3v) is 6.13. The maximum atomic E-state index is 12.3. The summed E-state index contributed by atoms with van der Waals surface area (Å²) < 4.78 is 10.8. The molecule has 7 heteroatoms. The van der Waals surface area contributed by atoms with E-state index in [1.54, 1.807) is 42.5 Å². The SMILES string of the molecule is CCCCCCCCCCCCCC(=O)N/N=C/c1ccc(OC(=O)c2ccc(Cl)cc2)c(OC)c1. The molecule has 2 aromatic carbocycles. The number of esters is 1. The first-order chi connectivity index (χ1) is 17.5. The molecule has 0 saturated carbocycles. The molecule has 2 rings (SSSR count). The Balaban J connectivity index is 1.66. The fourth-order valence-electron chi connectivity index (χ4n) is 3.78. The van der Waals surface area contributed by atoms with Crippen molar-refractivity contribution in [3.63, 3.8) is 0 Å². The van der Waals surface area contributed by atoms with Crippen LogP contribution in [0.4, 0.5) is 0 Å². The molecule has 0 aliphatic heterocycles. The first-order valence-electron chi connectivity index (χ1n) is 13.0. The number of carbonyl (C=O) groups excluding carboxylic acids is 2. The lowest BCUT2D eigenvalue weighted by Crippen LogP contribution is -2.16. The summed E-state index contributed by atoms with van der Waals surface area (Å²) in [5.74, 6) is 0.0624.